The van der Waals surface area contributed by atoms with Gasteiger partial charge >= 0.3 is 5.69 Å². The maximum Gasteiger partial charge on any atom is 0.332 e. The lowest BCUT2D eigenvalue weighted by Crippen LogP contribution is -2.39. The smallest absolute Gasteiger partial charge is 0.332 e. The van der Waals surface area contributed by atoms with Crippen molar-refractivity contribution in [1.29, 1.82) is 0 Å². The first-order chi connectivity index (χ1) is 13.0. The zero-order chi connectivity index (χ0) is 22.5. The van der Waals surface area contributed by atoms with Gasteiger partial charge in [0.25, 0.3) is 5.56 Å². The molecule has 0 bridgehead atoms. The van der Waals surface area contributed by atoms with Crippen LogP contribution < -0.4 is 11.2 Å². The van der Waals surface area contributed by atoms with Crippen molar-refractivity contribution < 1.29 is 17.4 Å². The Kier molecular flexibility index (Phi) is 1.89. The number of nitrogens with zero attached hydrogens (tertiary/aromatic N) is 4. The first-order valence-corrected chi connectivity index (χ1v) is 5.87. The van der Waals surface area contributed by atoms with Crippen LogP contribution in [0.5, 0.6) is 0 Å². The van der Waals surface area contributed by atoms with E-state index >= 15 is 0 Å². The summed E-state index contributed by atoms with van der Waals surface area (Å²) >= 11 is 0. The van der Waals surface area contributed by atoms with E-state index in [1.165, 1.54) is 7.05 Å². The Balaban J connectivity index is 2.48. The number of aromatic nitrogens is 4. The van der Waals surface area contributed by atoms with Gasteiger partial charge in [-0.15, -0.1) is 0 Å². The lowest BCUT2D eigenvalue weighted by Gasteiger charge is -2.09. The van der Waals surface area contributed by atoms with Crippen molar-refractivity contribution >= 4 is 11.2 Å². The van der Waals surface area contributed by atoms with Crippen molar-refractivity contribution in [2.75, 3.05) is 0 Å². The number of aliphatic hydroxyl groups is 1. The molecule has 0 radical (unpaired) electrons. The number of rotatable bonds is 5. The van der Waals surface area contributed by atoms with Crippen LogP contribution in [0.2, 0.25) is 0 Å². The minimum atomic E-state index is -2.99. The molecule has 1 atom stereocenters. The average molecular weight is 289 g/mol. The maximum atomic E-state index is 12.7. The molecule has 0 aliphatic heterocycles. The van der Waals surface area contributed by atoms with Crippen LogP contribution in [0.4, 0.5) is 0 Å². The first kappa shape index (κ1) is 6.71. The van der Waals surface area contributed by atoms with Crippen LogP contribution in [0, 0.1) is 0 Å². The van der Waals surface area contributed by atoms with Gasteiger partial charge in [0, 0.05) is 31.5 Å². The quantitative estimate of drug-likeness (QED) is 0.839. The molecule has 2 rings (SSSR count). The normalized spacial score (nSPS) is 21.6. The van der Waals surface area contributed by atoms with E-state index in [0.717, 1.165) is 4.57 Å². The molecule has 1 N–H and O–H groups in total. The minimum absolute atomic E-state index is 0.229. The summed E-state index contributed by atoms with van der Waals surface area (Å²) in [5, 5.41) is 9.67. The molecular formula is C13H20N4O3. The predicted octanol–water partition coefficient (Wildman–Crippen LogP) is -0.0152. The van der Waals surface area contributed by atoms with Gasteiger partial charge in [0.1, 0.15) is 1.37 Å². The van der Waals surface area contributed by atoms with E-state index in [1.54, 1.807) is 0 Å². The van der Waals surface area contributed by atoms with E-state index in [0.29, 0.717) is 9.13 Å². The van der Waals surface area contributed by atoms with Crippen molar-refractivity contribution in [3.05, 3.63) is 27.1 Å². The second-order valence-corrected chi connectivity index (χ2v) is 4.23. The summed E-state index contributed by atoms with van der Waals surface area (Å²) in [5.74, 6) is 0. The number of aryl methyl sites for hydroxylation is 2. The third kappa shape index (κ3) is 2.53. The SMILES string of the molecule is [2H]c1nc2c(c(=O)n(CCCC([2H])([2H])C(O)C([2H])([2H])[2H])c(=O)n2C([2H])([2H])[2H])n1C. The summed E-state index contributed by atoms with van der Waals surface area (Å²) in [6.07, 6.45) is -5.95. The van der Waals surface area contributed by atoms with Crippen LogP contribution in [-0.2, 0) is 20.6 Å². The molecule has 0 aliphatic carbocycles. The molecule has 0 amide bonds. The Hall–Kier alpha value is -1.89. The van der Waals surface area contributed by atoms with Gasteiger partial charge in [0.2, 0.25) is 0 Å². The van der Waals surface area contributed by atoms with Gasteiger partial charge in [-0.3, -0.25) is 13.9 Å². The predicted molar refractivity (Wildman–Crippen MR) is 75.7 cm³/mol. The third-order valence-corrected chi connectivity index (χ3v) is 2.83. The highest BCUT2D eigenvalue weighted by atomic mass is 16.3. The van der Waals surface area contributed by atoms with Gasteiger partial charge in [-0.1, -0.05) is 0 Å². The van der Waals surface area contributed by atoms with Crippen molar-refractivity contribution in [2.24, 2.45) is 14.0 Å². The largest absolute Gasteiger partial charge is 0.393 e. The fourth-order valence-electron chi connectivity index (χ4n) is 1.87. The minimum Gasteiger partial charge on any atom is -0.393 e. The molecule has 0 spiro atoms. The Morgan fingerprint density at radius 1 is 1.55 bits per heavy atom. The zero-order valence-corrected chi connectivity index (χ0v) is 10.8. The highest BCUT2D eigenvalue weighted by Crippen LogP contribution is 2.04. The summed E-state index contributed by atoms with van der Waals surface area (Å²) < 4.78 is 69.1. The van der Waals surface area contributed by atoms with Gasteiger partial charge < -0.3 is 9.67 Å². The lowest BCUT2D eigenvalue weighted by molar-refractivity contribution is 0.180. The number of hydrogen-bond donors (Lipinski definition) is 1. The first-order valence-electron chi connectivity index (χ1n) is 10.4. The molecule has 2 aromatic rings. The van der Waals surface area contributed by atoms with E-state index < -0.39 is 62.5 Å². The van der Waals surface area contributed by atoms with Gasteiger partial charge in [-0.05, 0) is 26.1 Å². The van der Waals surface area contributed by atoms with Crippen LogP contribution in [0.25, 0.3) is 11.2 Å². The fraction of sp³-hybridized carbons (Fsp3) is 0.615. The lowest BCUT2D eigenvalue weighted by atomic mass is 10.2. The van der Waals surface area contributed by atoms with E-state index in [-0.39, 0.29) is 11.9 Å². The Morgan fingerprint density at radius 2 is 2.35 bits per heavy atom. The van der Waals surface area contributed by atoms with Crippen molar-refractivity contribution in [3.63, 3.8) is 0 Å². The zero-order valence-electron chi connectivity index (χ0n) is 19.8. The van der Waals surface area contributed by atoms with Crippen LogP contribution in [-0.4, -0.2) is 29.9 Å². The molecular weight excluding hydrogens is 260 g/mol. The molecule has 2 aromatic heterocycles. The molecule has 1 unspecified atom stereocenters. The van der Waals surface area contributed by atoms with Crippen LogP contribution in [0.1, 0.15) is 38.4 Å². The Morgan fingerprint density at radius 3 is 3.05 bits per heavy atom. The highest BCUT2D eigenvalue weighted by Gasteiger charge is 2.14. The van der Waals surface area contributed by atoms with Gasteiger partial charge in [-0.2, -0.15) is 0 Å². The monoisotopic (exact) mass is 289 g/mol. The topological polar surface area (TPSA) is 82.1 Å². The molecule has 0 aliphatic rings. The molecule has 0 fully saturated rings. The van der Waals surface area contributed by atoms with Crippen molar-refractivity contribution in [1.82, 2.24) is 18.7 Å². The van der Waals surface area contributed by atoms with Gasteiger partial charge in [0.15, 0.2) is 11.2 Å². The Labute approximate surface area is 128 Å². The molecule has 110 valence electrons. The molecule has 7 nitrogen and oxygen atoms in total. The number of aliphatic hydroxyl groups excluding tert-OH is 1. The number of hydrogen-bond acceptors (Lipinski definition) is 4. The summed E-state index contributed by atoms with van der Waals surface area (Å²) in [7, 11) is 1.31. The standard InChI is InChI=1S/C13H20N4O3/c1-9(18)6-4-5-7-17-12(19)10-11(14-8-15(10)2)16(3)13(17)20/h8-9,18H,4-7H2,1-3H3/i1D3,3D3,6D2,8D. The average Bonchev–Trinajstić information content (AvgIpc) is 2.82. The molecule has 0 aromatic carbocycles. The summed E-state index contributed by atoms with van der Waals surface area (Å²) in [4.78, 5) is 29.0. The van der Waals surface area contributed by atoms with Crippen LogP contribution in [0.3, 0.4) is 0 Å². The van der Waals surface area contributed by atoms with Crippen molar-refractivity contribution in [2.45, 2.75) is 38.7 Å². The molecule has 0 saturated heterocycles. The fourth-order valence-corrected chi connectivity index (χ4v) is 1.87. The third-order valence-electron chi connectivity index (χ3n) is 2.83. The van der Waals surface area contributed by atoms with Crippen molar-refractivity contribution in [3.8, 4) is 0 Å². The van der Waals surface area contributed by atoms with Crippen LogP contribution >= 0.6 is 0 Å². The summed E-state index contributed by atoms with van der Waals surface area (Å²) in [5.41, 5.74) is -2.86. The molecule has 2 heterocycles. The van der Waals surface area contributed by atoms with E-state index in [2.05, 4.69) is 4.98 Å². The molecule has 0 saturated carbocycles. The number of imidazole rings is 1. The van der Waals surface area contributed by atoms with Crippen LogP contribution in [0.15, 0.2) is 15.9 Å². The molecule has 7 heteroatoms. The van der Waals surface area contributed by atoms with E-state index in [4.69, 9.17) is 12.3 Å². The van der Waals surface area contributed by atoms with E-state index in [1.807, 2.05) is 0 Å². The number of fused-ring (bicyclic) bond motifs is 1. The summed E-state index contributed by atoms with van der Waals surface area (Å²) in [6, 6.07) is 0. The second kappa shape index (κ2) is 5.62. The maximum absolute atomic E-state index is 12.7. The Bertz CT molecular complexity index is 1030. The molecule has 20 heavy (non-hydrogen) atoms. The second-order valence-electron chi connectivity index (χ2n) is 4.23. The highest BCUT2D eigenvalue weighted by molar-refractivity contribution is 5.69. The van der Waals surface area contributed by atoms with Gasteiger partial charge in [0.05, 0.1) is 12.4 Å². The van der Waals surface area contributed by atoms with E-state index in [9.17, 15) is 14.7 Å². The summed E-state index contributed by atoms with van der Waals surface area (Å²) in [6.45, 7) is -6.36. The van der Waals surface area contributed by atoms with Gasteiger partial charge in [-0.25, -0.2) is 9.78 Å².